The Morgan fingerprint density at radius 2 is 2.11 bits per heavy atom. The second-order valence-corrected chi connectivity index (χ2v) is 4.48. The van der Waals surface area contributed by atoms with E-state index in [-0.39, 0.29) is 0 Å². The first kappa shape index (κ1) is 14.6. The molecule has 0 bridgehead atoms. The van der Waals surface area contributed by atoms with Gasteiger partial charge in [0.15, 0.2) is 6.10 Å². The molecule has 1 aromatic rings. The molecule has 0 aliphatic carbocycles. The Kier molecular flexibility index (Phi) is 5.28. The Bertz CT molecular complexity index is 469. The lowest BCUT2D eigenvalue weighted by molar-refractivity contribution is -0.146. The van der Waals surface area contributed by atoms with Gasteiger partial charge >= 0.3 is 12.0 Å². The van der Waals surface area contributed by atoms with Gasteiger partial charge < -0.3 is 20.8 Å². The van der Waals surface area contributed by atoms with Crippen molar-refractivity contribution >= 4 is 40.3 Å². The predicted molar refractivity (Wildman–Crippen MR) is 69.8 cm³/mol. The summed E-state index contributed by atoms with van der Waals surface area (Å²) in [4.78, 5) is 21.7. The van der Waals surface area contributed by atoms with Gasteiger partial charge in [-0.2, -0.15) is 0 Å². The van der Waals surface area contributed by atoms with Gasteiger partial charge in [0.25, 0.3) is 0 Å². The number of anilines is 1. The Labute approximate surface area is 115 Å². The van der Waals surface area contributed by atoms with Crippen molar-refractivity contribution in [2.45, 2.75) is 6.10 Å². The van der Waals surface area contributed by atoms with Gasteiger partial charge in [0, 0.05) is 3.57 Å². The Morgan fingerprint density at radius 3 is 2.67 bits per heavy atom. The highest BCUT2D eigenvalue weighted by Gasteiger charge is 2.14. The number of aliphatic hydroxyl groups excluding tert-OH is 1. The maximum Gasteiger partial charge on any atom is 0.334 e. The van der Waals surface area contributed by atoms with E-state index in [0.717, 1.165) is 0 Å². The average Bonchev–Trinajstić information content (AvgIpc) is 2.29. The monoisotopic (exact) mass is 368 g/mol. The lowest BCUT2D eigenvalue weighted by atomic mass is 10.3. The Morgan fingerprint density at radius 1 is 1.44 bits per heavy atom. The number of urea groups is 1. The molecule has 8 heteroatoms. The topological polar surface area (TPSA) is 98.7 Å². The number of nitrogens with one attached hydrogen (secondary N) is 2. The number of benzene rings is 1. The molecular weight excluding hydrogens is 358 g/mol. The lowest BCUT2D eigenvalue weighted by Crippen LogP contribution is -2.38. The van der Waals surface area contributed by atoms with Gasteiger partial charge in [0.1, 0.15) is 5.82 Å². The zero-order valence-corrected chi connectivity index (χ0v) is 11.1. The average molecular weight is 368 g/mol. The molecule has 1 atom stereocenters. The third kappa shape index (κ3) is 4.45. The zero-order valence-electron chi connectivity index (χ0n) is 8.98. The van der Waals surface area contributed by atoms with Crippen LogP contribution in [0, 0.1) is 9.39 Å². The number of hydrogen-bond donors (Lipinski definition) is 4. The summed E-state index contributed by atoms with van der Waals surface area (Å²) >= 11 is 1.85. The summed E-state index contributed by atoms with van der Waals surface area (Å²) in [6.07, 6.45) is -1.66. The quantitative estimate of drug-likeness (QED) is 0.596. The first-order valence-corrected chi connectivity index (χ1v) is 5.89. The largest absolute Gasteiger partial charge is 0.479 e. The number of aliphatic carboxylic acids is 1. The van der Waals surface area contributed by atoms with Crippen molar-refractivity contribution in [1.82, 2.24) is 5.32 Å². The minimum atomic E-state index is -1.66. The van der Waals surface area contributed by atoms with Crippen LogP contribution in [0.2, 0.25) is 0 Å². The highest BCUT2D eigenvalue weighted by molar-refractivity contribution is 14.1. The molecule has 2 amide bonds. The molecule has 0 aliphatic rings. The molecule has 0 saturated carbocycles. The number of amides is 2. The standard InChI is InChI=1S/C10H10FIN2O4/c11-5-1-2-7(6(12)3-5)14-10(18)13-4-8(15)9(16)17/h1-3,8,15H,4H2,(H,16,17)(H2,13,14,18)/t8-/m0/s1. The molecule has 18 heavy (non-hydrogen) atoms. The molecule has 1 aromatic carbocycles. The number of rotatable bonds is 4. The third-order valence-electron chi connectivity index (χ3n) is 1.92. The summed E-state index contributed by atoms with van der Waals surface area (Å²) in [6, 6.07) is 3.12. The van der Waals surface area contributed by atoms with Gasteiger partial charge in [0.05, 0.1) is 12.2 Å². The molecule has 1 rings (SSSR count). The van der Waals surface area contributed by atoms with E-state index < -0.39 is 30.5 Å². The summed E-state index contributed by atoms with van der Waals surface area (Å²) in [5, 5.41) is 21.9. The maximum atomic E-state index is 12.8. The number of carboxylic acids is 1. The number of carbonyl (C=O) groups excluding carboxylic acids is 1. The van der Waals surface area contributed by atoms with E-state index in [2.05, 4.69) is 10.6 Å². The van der Waals surface area contributed by atoms with Gasteiger partial charge in [-0.05, 0) is 40.8 Å². The third-order valence-corrected chi connectivity index (χ3v) is 2.81. The molecule has 0 unspecified atom stereocenters. The van der Waals surface area contributed by atoms with Crippen LogP contribution in [0.15, 0.2) is 18.2 Å². The highest BCUT2D eigenvalue weighted by Crippen LogP contribution is 2.18. The van der Waals surface area contributed by atoms with Crippen molar-refractivity contribution in [2.75, 3.05) is 11.9 Å². The van der Waals surface area contributed by atoms with Crippen LogP contribution in [-0.2, 0) is 4.79 Å². The predicted octanol–water partition coefficient (Wildman–Crippen LogP) is 0.997. The molecule has 0 fully saturated rings. The van der Waals surface area contributed by atoms with Crippen LogP contribution in [0.25, 0.3) is 0 Å². The van der Waals surface area contributed by atoms with E-state index in [1.54, 1.807) is 0 Å². The van der Waals surface area contributed by atoms with Crippen molar-refractivity contribution in [3.63, 3.8) is 0 Å². The zero-order chi connectivity index (χ0) is 13.7. The molecule has 0 spiro atoms. The maximum absolute atomic E-state index is 12.8. The van der Waals surface area contributed by atoms with Crippen molar-refractivity contribution in [2.24, 2.45) is 0 Å². The second kappa shape index (κ2) is 6.50. The first-order chi connectivity index (χ1) is 8.40. The molecule has 98 valence electrons. The Hall–Kier alpha value is -1.42. The SMILES string of the molecule is O=C(NC[C@H](O)C(=O)O)Nc1ccc(F)cc1I. The highest BCUT2D eigenvalue weighted by atomic mass is 127. The van der Waals surface area contributed by atoms with Gasteiger partial charge in [-0.1, -0.05) is 0 Å². The normalized spacial score (nSPS) is 11.7. The van der Waals surface area contributed by atoms with Crippen molar-refractivity contribution < 1.29 is 24.2 Å². The van der Waals surface area contributed by atoms with E-state index in [0.29, 0.717) is 9.26 Å². The molecule has 0 saturated heterocycles. The summed E-state index contributed by atoms with van der Waals surface area (Å²) in [7, 11) is 0. The minimum absolute atomic E-state index is 0.388. The Balaban J connectivity index is 2.52. The lowest BCUT2D eigenvalue weighted by Gasteiger charge is -2.10. The smallest absolute Gasteiger partial charge is 0.334 e. The van der Waals surface area contributed by atoms with Gasteiger partial charge in [-0.3, -0.25) is 0 Å². The van der Waals surface area contributed by atoms with E-state index in [1.807, 2.05) is 22.6 Å². The second-order valence-electron chi connectivity index (χ2n) is 3.31. The van der Waals surface area contributed by atoms with Gasteiger partial charge in [-0.15, -0.1) is 0 Å². The van der Waals surface area contributed by atoms with Crippen LogP contribution in [0.4, 0.5) is 14.9 Å². The molecule has 0 aromatic heterocycles. The number of hydrogen-bond acceptors (Lipinski definition) is 3. The number of aliphatic hydroxyl groups is 1. The van der Waals surface area contributed by atoms with E-state index in [9.17, 15) is 14.0 Å². The number of halogens is 2. The van der Waals surface area contributed by atoms with E-state index in [4.69, 9.17) is 10.2 Å². The van der Waals surface area contributed by atoms with Crippen molar-refractivity contribution in [1.29, 1.82) is 0 Å². The van der Waals surface area contributed by atoms with Crippen LogP contribution < -0.4 is 10.6 Å². The fourth-order valence-electron chi connectivity index (χ4n) is 1.03. The molecular formula is C10H10FIN2O4. The number of carbonyl (C=O) groups is 2. The minimum Gasteiger partial charge on any atom is -0.479 e. The number of carboxylic acid groups (broad SMARTS) is 1. The summed E-state index contributed by atoms with van der Waals surface area (Å²) in [5.74, 6) is -1.85. The van der Waals surface area contributed by atoms with E-state index in [1.165, 1.54) is 18.2 Å². The molecule has 0 heterocycles. The summed E-state index contributed by atoms with van der Waals surface area (Å²) < 4.78 is 13.3. The van der Waals surface area contributed by atoms with E-state index >= 15 is 0 Å². The summed E-state index contributed by atoms with van der Waals surface area (Å²) in [5.41, 5.74) is 0.388. The first-order valence-electron chi connectivity index (χ1n) is 4.81. The molecule has 4 N–H and O–H groups in total. The van der Waals surface area contributed by atoms with Crippen molar-refractivity contribution in [3.05, 3.63) is 27.6 Å². The molecule has 0 radical (unpaired) electrons. The van der Waals surface area contributed by atoms with Crippen LogP contribution in [-0.4, -0.2) is 34.9 Å². The van der Waals surface area contributed by atoms with Gasteiger partial charge in [0.2, 0.25) is 0 Å². The van der Waals surface area contributed by atoms with Crippen LogP contribution in [0.1, 0.15) is 0 Å². The molecule has 0 aliphatic heterocycles. The van der Waals surface area contributed by atoms with Crippen molar-refractivity contribution in [3.8, 4) is 0 Å². The van der Waals surface area contributed by atoms with Crippen LogP contribution in [0.5, 0.6) is 0 Å². The fourth-order valence-corrected chi connectivity index (χ4v) is 1.65. The van der Waals surface area contributed by atoms with Crippen LogP contribution in [0.3, 0.4) is 0 Å². The van der Waals surface area contributed by atoms with Gasteiger partial charge in [-0.25, -0.2) is 14.0 Å². The molecule has 6 nitrogen and oxygen atoms in total. The van der Waals surface area contributed by atoms with Crippen LogP contribution >= 0.6 is 22.6 Å². The fraction of sp³-hybridized carbons (Fsp3) is 0.200. The summed E-state index contributed by atoms with van der Waals surface area (Å²) in [6.45, 7) is -0.418.